The molecule has 1 amide bonds. The van der Waals surface area contributed by atoms with Gasteiger partial charge in [-0.1, -0.05) is 29.8 Å². The van der Waals surface area contributed by atoms with Crippen LogP contribution < -0.4 is 0 Å². The Balaban J connectivity index is 2.05. The van der Waals surface area contributed by atoms with Gasteiger partial charge < -0.3 is 10.0 Å². The van der Waals surface area contributed by atoms with Crippen molar-refractivity contribution in [3.05, 3.63) is 56.7 Å². The van der Waals surface area contributed by atoms with Gasteiger partial charge in [0.1, 0.15) is 4.88 Å². The van der Waals surface area contributed by atoms with E-state index in [0.29, 0.717) is 28.4 Å². The number of hydrogen-bond donors (Lipinski definition) is 1. The molecule has 110 valence electrons. The van der Waals surface area contributed by atoms with Gasteiger partial charge in [-0.05, 0) is 29.5 Å². The summed E-state index contributed by atoms with van der Waals surface area (Å²) in [6.07, 6.45) is 0.480. The number of rotatable bonds is 5. The summed E-state index contributed by atoms with van der Waals surface area (Å²) in [4.78, 5) is 25.4. The van der Waals surface area contributed by atoms with Crippen LogP contribution in [0.3, 0.4) is 0 Å². The maximum atomic E-state index is 12.2. The van der Waals surface area contributed by atoms with E-state index in [0.717, 1.165) is 0 Å². The third-order valence-electron chi connectivity index (χ3n) is 3.12. The SMILES string of the molecule is CN(CCc1ccccc1C(=O)O)C(=O)c1sccc1Cl. The number of nitrogens with zero attached hydrogens (tertiary/aromatic N) is 1. The maximum Gasteiger partial charge on any atom is 0.335 e. The Kier molecular flexibility index (Phi) is 4.98. The van der Waals surface area contributed by atoms with E-state index in [1.54, 1.807) is 47.7 Å². The maximum absolute atomic E-state index is 12.2. The third-order valence-corrected chi connectivity index (χ3v) is 4.45. The first-order valence-electron chi connectivity index (χ1n) is 6.30. The Morgan fingerprint density at radius 1 is 1.29 bits per heavy atom. The number of thiophene rings is 1. The van der Waals surface area contributed by atoms with Crippen molar-refractivity contribution < 1.29 is 14.7 Å². The van der Waals surface area contributed by atoms with Crippen LogP contribution in [0.4, 0.5) is 0 Å². The summed E-state index contributed by atoms with van der Waals surface area (Å²) in [5.74, 6) is -1.11. The van der Waals surface area contributed by atoms with Crippen molar-refractivity contribution in [1.29, 1.82) is 0 Å². The summed E-state index contributed by atoms with van der Waals surface area (Å²) < 4.78 is 0. The van der Waals surface area contributed by atoms with Crippen molar-refractivity contribution in [2.45, 2.75) is 6.42 Å². The average Bonchev–Trinajstić information content (AvgIpc) is 2.90. The zero-order valence-corrected chi connectivity index (χ0v) is 12.9. The lowest BCUT2D eigenvalue weighted by atomic mass is 10.0. The number of carboxylic acids is 1. The molecule has 1 aromatic carbocycles. The normalized spacial score (nSPS) is 10.4. The second-order valence-electron chi connectivity index (χ2n) is 4.54. The van der Waals surface area contributed by atoms with Crippen LogP contribution in [-0.4, -0.2) is 35.5 Å². The number of benzene rings is 1. The smallest absolute Gasteiger partial charge is 0.335 e. The molecular weight excluding hydrogens is 310 g/mol. The zero-order valence-electron chi connectivity index (χ0n) is 11.4. The topological polar surface area (TPSA) is 57.6 Å². The lowest BCUT2D eigenvalue weighted by Crippen LogP contribution is -2.28. The first kappa shape index (κ1) is 15.5. The predicted octanol–water partition coefficient (Wildman–Crippen LogP) is 3.41. The lowest BCUT2D eigenvalue weighted by molar-refractivity contribution is 0.0695. The van der Waals surface area contributed by atoms with E-state index in [9.17, 15) is 9.59 Å². The van der Waals surface area contributed by atoms with E-state index in [1.165, 1.54) is 11.3 Å². The van der Waals surface area contributed by atoms with Gasteiger partial charge in [0.15, 0.2) is 0 Å². The van der Waals surface area contributed by atoms with Gasteiger partial charge in [-0.15, -0.1) is 11.3 Å². The molecule has 1 N–H and O–H groups in total. The molecule has 0 spiro atoms. The quantitative estimate of drug-likeness (QED) is 0.917. The molecular formula is C15H14ClNO3S. The van der Waals surface area contributed by atoms with Crippen LogP contribution in [-0.2, 0) is 6.42 Å². The summed E-state index contributed by atoms with van der Waals surface area (Å²) in [7, 11) is 1.68. The van der Waals surface area contributed by atoms with Gasteiger partial charge in [0, 0.05) is 13.6 Å². The second kappa shape index (κ2) is 6.74. The molecule has 0 unspecified atom stereocenters. The number of hydrogen-bond acceptors (Lipinski definition) is 3. The molecule has 1 aromatic heterocycles. The summed E-state index contributed by atoms with van der Waals surface area (Å²) in [6.45, 7) is 0.428. The molecule has 0 aliphatic rings. The van der Waals surface area contributed by atoms with Crippen molar-refractivity contribution in [3.8, 4) is 0 Å². The summed E-state index contributed by atoms with van der Waals surface area (Å²) >= 11 is 7.25. The van der Waals surface area contributed by atoms with E-state index >= 15 is 0 Å². The molecule has 4 nitrogen and oxygen atoms in total. The fraction of sp³-hybridized carbons (Fsp3) is 0.200. The lowest BCUT2D eigenvalue weighted by Gasteiger charge is -2.17. The number of halogens is 1. The van der Waals surface area contributed by atoms with E-state index in [1.807, 2.05) is 0 Å². The molecule has 0 atom stereocenters. The minimum absolute atomic E-state index is 0.150. The predicted molar refractivity (Wildman–Crippen MR) is 83.4 cm³/mol. The summed E-state index contributed by atoms with van der Waals surface area (Å²) in [5.41, 5.74) is 0.981. The minimum Gasteiger partial charge on any atom is -0.478 e. The van der Waals surface area contributed by atoms with E-state index in [4.69, 9.17) is 16.7 Å². The second-order valence-corrected chi connectivity index (χ2v) is 5.86. The Bertz CT molecular complexity index is 668. The van der Waals surface area contributed by atoms with Gasteiger partial charge in [-0.25, -0.2) is 4.79 Å². The fourth-order valence-corrected chi connectivity index (χ4v) is 3.09. The van der Waals surface area contributed by atoms with Crippen LogP contribution >= 0.6 is 22.9 Å². The number of amides is 1. The number of likely N-dealkylation sites (N-methyl/N-ethyl adjacent to an activating group) is 1. The van der Waals surface area contributed by atoms with Crippen molar-refractivity contribution >= 4 is 34.8 Å². The van der Waals surface area contributed by atoms with Gasteiger partial charge in [-0.3, -0.25) is 4.79 Å². The Labute approximate surface area is 131 Å². The first-order chi connectivity index (χ1) is 10.0. The van der Waals surface area contributed by atoms with Gasteiger partial charge in [0.2, 0.25) is 0 Å². The molecule has 0 aliphatic carbocycles. The highest BCUT2D eigenvalue weighted by molar-refractivity contribution is 7.12. The molecule has 0 bridgehead atoms. The van der Waals surface area contributed by atoms with E-state index < -0.39 is 5.97 Å². The Morgan fingerprint density at radius 2 is 2.00 bits per heavy atom. The molecule has 21 heavy (non-hydrogen) atoms. The van der Waals surface area contributed by atoms with Crippen molar-refractivity contribution in [2.75, 3.05) is 13.6 Å². The van der Waals surface area contributed by atoms with Crippen molar-refractivity contribution in [2.24, 2.45) is 0 Å². The van der Waals surface area contributed by atoms with Crippen LogP contribution in [0.1, 0.15) is 25.6 Å². The third kappa shape index (κ3) is 3.62. The van der Waals surface area contributed by atoms with Gasteiger partial charge >= 0.3 is 5.97 Å². The summed E-state index contributed by atoms with van der Waals surface area (Å²) in [5, 5.41) is 11.3. The van der Waals surface area contributed by atoms with Gasteiger partial charge in [0.05, 0.1) is 10.6 Å². The van der Waals surface area contributed by atoms with Crippen molar-refractivity contribution in [1.82, 2.24) is 4.90 Å². The van der Waals surface area contributed by atoms with Crippen LogP contribution in [0.2, 0.25) is 5.02 Å². The number of aromatic carboxylic acids is 1. The largest absolute Gasteiger partial charge is 0.478 e. The molecule has 0 saturated heterocycles. The summed E-state index contributed by atoms with van der Waals surface area (Å²) in [6, 6.07) is 8.50. The average molecular weight is 324 g/mol. The molecule has 2 aromatic rings. The van der Waals surface area contributed by atoms with Crippen LogP contribution in [0.25, 0.3) is 0 Å². The van der Waals surface area contributed by atoms with Gasteiger partial charge in [-0.2, -0.15) is 0 Å². The van der Waals surface area contributed by atoms with Gasteiger partial charge in [0.25, 0.3) is 5.91 Å². The molecule has 0 fully saturated rings. The first-order valence-corrected chi connectivity index (χ1v) is 7.56. The van der Waals surface area contributed by atoms with Crippen LogP contribution in [0.5, 0.6) is 0 Å². The van der Waals surface area contributed by atoms with E-state index in [2.05, 4.69) is 0 Å². The molecule has 0 saturated carbocycles. The highest BCUT2D eigenvalue weighted by Crippen LogP contribution is 2.23. The number of carbonyl (C=O) groups excluding carboxylic acids is 1. The van der Waals surface area contributed by atoms with Crippen LogP contribution in [0.15, 0.2) is 35.7 Å². The molecule has 6 heteroatoms. The minimum atomic E-state index is -0.958. The molecule has 1 heterocycles. The van der Waals surface area contributed by atoms with E-state index in [-0.39, 0.29) is 11.5 Å². The van der Waals surface area contributed by atoms with Crippen molar-refractivity contribution in [3.63, 3.8) is 0 Å². The molecule has 0 aliphatic heterocycles. The Morgan fingerprint density at radius 3 is 2.62 bits per heavy atom. The van der Waals surface area contributed by atoms with Crippen LogP contribution in [0, 0.1) is 0 Å². The number of carboxylic acid groups (broad SMARTS) is 1. The highest BCUT2D eigenvalue weighted by Gasteiger charge is 2.17. The molecule has 2 rings (SSSR count). The fourth-order valence-electron chi connectivity index (χ4n) is 1.96. The monoisotopic (exact) mass is 323 g/mol. The zero-order chi connectivity index (χ0) is 15.4. The number of carbonyl (C=O) groups is 2. The Hall–Kier alpha value is -1.85. The molecule has 0 radical (unpaired) electrons. The standard InChI is InChI=1S/C15H14ClNO3S/c1-17(14(18)13-12(16)7-9-21-13)8-6-10-4-2-3-5-11(10)15(19)20/h2-5,7,9H,6,8H2,1H3,(H,19,20). The highest BCUT2D eigenvalue weighted by atomic mass is 35.5.